The van der Waals surface area contributed by atoms with Crippen LogP contribution in [0.15, 0.2) is 12.4 Å². The van der Waals surface area contributed by atoms with Crippen LogP contribution in [0.5, 0.6) is 6.01 Å². The molecule has 0 saturated carbocycles. The summed E-state index contributed by atoms with van der Waals surface area (Å²) in [6.07, 6.45) is 3.61. The summed E-state index contributed by atoms with van der Waals surface area (Å²) in [5, 5.41) is 0. The number of aromatic nitrogens is 2. The molecule has 0 saturated heterocycles. The highest BCUT2D eigenvalue weighted by molar-refractivity contribution is 4.96. The van der Waals surface area contributed by atoms with Gasteiger partial charge in [0.25, 0.3) is 6.01 Å². The van der Waals surface area contributed by atoms with Gasteiger partial charge in [0.15, 0.2) is 0 Å². The molecule has 0 aliphatic rings. The van der Waals surface area contributed by atoms with Crippen LogP contribution in [0.2, 0.25) is 0 Å². The van der Waals surface area contributed by atoms with Gasteiger partial charge in [-0.3, -0.25) is 0 Å². The van der Waals surface area contributed by atoms with Gasteiger partial charge in [-0.15, -0.1) is 0 Å². The van der Waals surface area contributed by atoms with Crippen molar-refractivity contribution in [2.45, 2.75) is 13.5 Å². The Morgan fingerprint density at radius 1 is 1.78 bits per heavy atom. The van der Waals surface area contributed by atoms with E-state index in [-0.39, 0.29) is 0 Å². The standard InChI is InChI=1S/C6H10N2O/c1-3-8-5-4-7-6(8)9-2/h4-5H,3H2,1-2H3. The fraction of sp³-hybridized carbons (Fsp3) is 0.500. The Morgan fingerprint density at radius 3 is 3.00 bits per heavy atom. The van der Waals surface area contributed by atoms with Crippen molar-refractivity contribution in [3.63, 3.8) is 0 Å². The highest BCUT2D eigenvalue weighted by Gasteiger charge is 1.95. The van der Waals surface area contributed by atoms with E-state index in [9.17, 15) is 0 Å². The first-order valence-electron chi connectivity index (χ1n) is 2.93. The Hall–Kier alpha value is -0.990. The molecule has 0 aromatic carbocycles. The molecule has 50 valence electrons. The zero-order chi connectivity index (χ0) is 6.69. The highest BCUT2D eigenvalue weighted by Crippen LogP contribution is 2.04. The molecular weight excluding hydrogens is 116 g/mol. The van der Waals surface area contributed by atoms with Gasteiger partial charge >= 0.3 is 0 Å². The zero-order valence-electron chi connectivity index (χ0n) is 5.66. The van der Waals surface area contributed by atoms with Crippen molar-refractivity contribution < 1.29 is 4.74 Å². The second-order valence-corrected chi connectivity index (χ2v) is 1.70. The molecule has 0 spiro atoms. The summed E-state index contributed by atoms with van der Waals surface area (Å²) in [7, 11) is 1.62. The molecule has 0 aliphatic carbocycles. The molecule has 1 aromatic rings. The molecule has 1 aromatic heterocycles. The van der Waals surface area contributed by atoms with Crippen LogP contribution in [0.1, 0.15) is 6.92 Å². The molecule has 9 heavy (non-hydrogen) atoms. The number of methoxy groups -OCH3 is 1. The van der Waals surface area contributed by atoms with E-state index in [2.05, 4.69) is 4.98 Å². The summed E-state index contributed by atoms with van der Waals surface area (Å²) >= 11 is 0. The highest BCUT2D eigenvalue weighted by atomic mass is 16.5. The van der Waals surface area contributed by atoms with Gasteiger partial charge in [-0.05, 0) is 6.92 Å². The first-order chi connectivity index (χ1) is 4.38. The number of ether oxygens (including phenoxy) is 1. The lowest BCUT2D eigenvalue weighted by atomic mass is 10.7. The second kappa shape index (κ2) is 2.53. The maximum absolute atomic E-state index is 4.93. The third kappa shape index (κ3) is 1.04. The summed E-state index contributed by atoms with van der Waals surface area (Å²) in [6, 6.07) is 0.678. The first-order valence-corrected chi connectivity index (χ1v) is 2.93. The van der Waals surface area contributed by atoms with Gasteiger partial charge in [0, 0.05) is 18.9 Å². The fourth-order valence-corrected chi connectivity index (χ4v) is 0.726. The Balaban J connectivity index is 2.85. The summed E-state index contributed by atoms with van der Waals surface area (Å²) < 4.78 is 6.86. The van der Waals surface area contributed by atoms with Crippen molar-refractivity contribution in [3.8, 4) is 6.01 Å². The van der Waals surface area contributed by atoms with Crippen LogP contribution in [-0.4, -0.2) is 16.7 Å². The summed E-state index contributed by atoms with van der Waals surface area (Å²) in [6.45, 7) is 2.95. The van der Waals surface area contributed by atoms with Crippen LogP contribution in [-0.2, 0) is 6.54 Å². The van der Waals surface area contributed by atoms with Crippen molar-refractivity contribution in [1.82, 2.24) is 9.55 Å². The van der Waals surface area contributed by atoms with Gasteiger partial charge in [0.1, 0.15) is 0 Å². The predicted octanol–water partition coefficient (Wildman–Crippen LogP) is 0.912. The van der Waals surface area contributed by atoms with Crippen LogP contribution in [0.4, 0.5) is 0 Å². The number of hydrogen-bond donors (Lipinski definition) is 0. The normalized spacial score (nSPS) is 9.56. The number of nitrogens with zero attached hydrogens (tertiary/aromatic N) is 2. The van der Waals surface area contributed by atoms with Crippen molar-refractivity contribution in [3.05, 3.63) is 12.4 Å². The van der Waals surface area contributed by atoms with E-state index in [4.69, 9.17) is 4.74 Å². The van der Waals surface area contributed by atoms with E-state index in [1.54, 1.807) is 13.3 Å². The van der Waals surface area contributed by atoms with Crippen molar-refractivity contribution >= 4 is 0 Å². The predicted molar refractivity (Wildman–Crippen MR) is 34.5 cm³/mol. The molecule has 0 bridgehead atoms. The SMILES string of the molecule is CCn1ccnc1OC. The molecule has 0 N–H and O–H groups in total. The van der Waals surface area contributed by atoms with Gasteiger partial charge in [-0.2, -0.15) is 0 Å². The molecule has 0 fully saturated rings. The molecule has 1 heterocycles. The summed E-state index contributed by atoms with van der Waals surface area (Å²) in [4.78, 5) is 3.95. The van der Waals surface area contributed by atoms with Gasteiger partial charge < -0.3 is 9.30 Å². The van der Waals surface area contributed by atoms with Crippen LogP contribution < -0.4 is 4.74 Å². The fourth-order valence-electron chi connectivity index (χ4n) is 0.726. The Bertz CT molecular complexity index is 164. The van der Waals surface area contributed by atoms with Gasteiger partial charge in [0.05, 0.1) is 7.11 Å². The van der Waals surface area contributed by atoms with E-state index in [1.807, 2.05) is 17.7 Å². The number of imidazole rings is 1. The molecule has 3 nitrogen and oxygen atoms in total. The van der Waals surface area contributed by atoms with E-state index in [0.29, 0.717) is 6.01 Å². The van der Waals surface area contributed by atoms with Gasteiger partial charge in [0.2, 0.25) is 0 Å². The minimum absolute atomic E-state index is 0.678. The van der Waals surface area contributed by atoms with Crippen LogP contribution >= 0.6 is 0 Å². The third-order valence-corrected chi connectivity index (χ3v) is 1.20. The number of rotatable bonds is 2. The van der Waals surface area contributed by atoms with E-state index in [0.717, 1.165) is 6.54 Å². The molecule has 0 radical (unpaired) electrons. The monoisotopic (exact) mass is 126 g/mol. The largest absolute Gasteiger partial charge is 0.468 e. The second-order valence-electron chi connectivity index (χ2n) is 1.70. The quantitative estimate of drug-likeness (QED) is 0.589. The molecule has 0 amide bonds. The average molecular weight is 126 g/mol. The Morgan fingerprint density at radius 2 is 2.56 bits per heavy atom. The van der Waals surface area contributed by atoms with E-state index < -0.39 is 0 Å². The van der Waals surface area contributed by atoms with E-state index >= 15 is 0 Å². The average Bonchev–Trinajstić information content (AvgIpc) is 2.33. The lowest BCUT2D eigenvalue weighted by Gasteiger charge is -1.99. The van der Waals surface area contributed by atoms with Crippen molar-refractivity contribution in [1.29, 1.82) is 0 Å². The van der Waals surface area contributed by atoms with Crippen LogP contribution in [0.25, 0.3) is 0 Å². The lowest BCUT2D eigenvalue weighted by molar-refractivity contribution is 0.359. The zero-order valence-corrected chi connectivity index (χ0v) is 5.66. The molecule has 3 heteroatoms. The topological polar surface area (TPSA) is 27.1 Å². The minimum Gasteiger partial charge on any atom is -0.468 e. The van der Waals surface area contributed by atoms with Crippen LogP contribution in [0.3, 0.4) is 0 Å². The Labute approximate surface area is 54.3 Å². The Kier molecular flexibility index (Phi) is 1.72. The smallest absolute Gasteiger partial charge is 0.295 e. The molecule has 1 rings (SSSR count). The van der Waals surface area contributed by atoms with Gasteiger partial charge in [-0.1, -0.05) is 0 Å². The molecule has 0 aliphatic heterocycles. The minimum atomic E-state index is 0.678. The summed E-state index contributed by atoms with van der Waals surface area (Å²) in [5.41, 5.74) is 0. The van der Waals surface area contributed by atoms with Crippen LogP contribution in [0, 0.1) is 0 Å². The lowest BCUT2D eigenvalue weighted by Crippen LogP contribution is -1.96. The molecule has 0 unspecified atom stereocenters. The van der Waals surface area contributed by atoms with Crippen molar-refractivity contribution in [2.75, 3.05) is 7.11 Å². The maximum Gasteiger partial charge on any atom is 0.295 e. The number of aryl methyl sites for hydroxylation is 1. The summed E-state index contributed by atoms with van der Waals surface area (Å²) in [5.74, 6) is 0. The third-order valence-electron chi connectivity index (χ3n) is 1.20. The van der Waals surface area contributed by atoms with Gasteiger partial charge in [-0.25, -0.2) is 4.98 Å². The van der Waals surface area contributed by atoms with E-state index in [1.165, 1.54) is 0 Å². The van der Waals surface area contributed by atoms with Crippen molar-refractivity contribution in [2.24, 2.45) is 0 Å². The maximum atomic E-state index is 4.93. The first kappa shape index (κ1) is 6.13. The molecule has 0 atom stereocenters. The molecular formula is C6H10N2O. The number of hydrogen-bond acceptors (Lipinski definition) is 2.